The van der Waals surface area contributed by atoms with Crippen LogP contribution >= 0.6 is 0 Å². The summed E-state index contributed by atoms with van der Waals surface area (Å²) >= 11 is 0. The normalized spacial score (nSPS) is 20.4. The zero-order valence-corrected chi connectivity index (χ0v) is 18.2. The van der Waals surface area contributed by atoms with Crippen molar-refractivity contribution in [2.45, 2.75) is 23.6 Å². The number of hydrogen-bond acceptors (Lipinski definition) is 5. The van der Waals surface area contributed by atoms with Crippen molar-refractivity contribution >= 4 is 15.7 Å². The summed E-state index contributed by atoms with van der Waals surface area (Å²) in [5.74, 6) is -0.683. The van der Waals surface area contributed by atoms with Gasteiger partial charge in [0.25, 0.3) is 0 Å². The number of nitrogens with one attached hydrogen (secondary N) is 1. The highest BCUT2D eigenvalue weighted by Gasteiger charge is 2.46. The Kier molecular flexibility index (Phi) is 6.05. The van der Waals surface area contributed by atoms with Crippen molar-refractivity contribution in [3.8, 4) is 16.9 Å². The third kappa shape index (κ3) is 4.59. The van der Waals surface area contributed by atoms with Crippen LogP contribution in [-0.2, 0) is 16.4 Å². The fourth-order valence-corrected chi connectivity index (χ4v) is 4.35. The average Bonchev–Trinajstić information content (AvgIpc) is 2.77. The summed E-state index contributed by atoms with van der Waals surface area (Å²) in [6, 6.07) is 15.6. The molecule has 1 heterocycles. The summed E-state index contributed by atoms with van der Waals surface area (Å²) in [6.45, 7) is -0.282. The van der Waals surface area contributed by atoms with Crippen molar-refractivity contribution in [2.75, 3.05) is 11.3 Å². The Bertz CT molecular complexity index is 1310. The summed E-state index contributed by atoms with van der Waals surface area (Å²) in [5, 5.41) is 21.8. The number of halogens is 4. The van der Waals surface area contributed by atoms with E-state index in [0.717, 1.165) is 23.8 Å². The smallest absolute Gasteiger partial charge is 0.490 e. The molecule has 0 saturated heterocycles. The van der Waals surface area contributed by atoms with Gasteiger partial charge in [-0.2, -0.15) is 21.6 Å². The molecule has 0 aromatic heterocycles. The summed E-state index contributed by atoms with van der Waals surface area (Å²) in [6.07, 6.45) is -1.25. The second kappa shape index (κ2) is 8.57. The van der Waals surface area contributed by atoms with E-state index in [-0.39, 0.29) is 35.5 Å². The summed E-state index contributed by atoms with van der Waals surface area (Å²) in [7, 11) is -5.74. The number of alkyl halides is 3. The fraction of sp³-hybridized carbons (Fsp3) is 0.217. The van der Waals surface area contributed by atoms with Gasteiger partial charge in [-0.3, -0.25) is 4.72 Å². The SMILES string of the molecule is O=S(=O)(Nc1ccc(F)cc1-c1ccc2c(c1)OCC(O)(Cc1ccccc1)C2O)C(F)(F)F. The lowest BCUT2D eigenvalue weighted by molar-refractivity contribution is -0.114. The van der Waals surface area contributed by atoms with E-state index in [2.05, 4.69) is 0 Å². The van der Waals surface area contributed by atoms with Gasteiger partial charge in [-0.15, -0.1) is 0 Å². The van der Waals surface area contributed by atoms with E-state index >= 15 is 0 Å². The minimum absolute atomic E-state index is 0.101. The number of aliphatic hydroxyl groups is 2. The third-order valence-electron chi connectivity index (χ3n) is 5.49. The van der Waals surface area contributed by atoms with Gasteiger partial charge in [-0.25, -0.2) is 4.39 Å². The second-order valence-electron chi connectivity index (χ2n) is 7.95. The number of aliphatic hydroxyl groups excluding tert-OH is 1. The van der Waals surface area contributed by atoms with Crippen LogP contribution in [-0.4, -0.2) is 36.3 Å². The van der Waals surface area contributed by atoms with Gasteiger partial charge >= 0.3 is 15.5 Å². The summed E-state index contributed by atoms with van der Waals surface area (Å²) in [5.41, 5.74) is -6.72. The van der Waals surface area contributed by atoms with Crippen molar-refractivity contribution in [3.05, 3.63) is 83.7 Å². The Hall–Kier alpha value is -3.15. The Balaban J connectivity index is 1.68. The third-order valence-corrected chi connectivity index (χ3v) is 6.59. The lowest BCUT2D eigenvalue weighted by Gasteiger charge is -2.38. The molecular formula is C23H19F4NO5S. The highest BCUT2D eigenvalue weighted by atomic mass is 32.2. The standard InChI is InChI=1S/C23H19F4NO5S/c24-16-7-9-19(28-34(31,32)23(25,26)27)18(11-16)15-6-8-17-20(10-15)33-13-22(30,21(17)29)12-14-4-2-1-3-5-14/h1-11,21,28-30H,12-13H2. The molecule has 4 rings (SSSR count). The van der Waals surface area contributed by atoms with Crippen LogP contribution in [0.4, 0.5) is 23.2 Å². The number of benzene rings is 3. The molecule has 2 unspecified atom stereocenters. The van der Waals surface area contributed by atoms with Gasteiger partial charge < -0.3 is 14.9 Å². The molecule has 34 heavy (non-hydrogen) atoms. The van der Waals surface area contributed by atoms with Gasteiger partial charge in [-0.05, 0) is 35.4 Å². The molecule has 0 aliphatic carbocycles. The van der Waals surface area contributed by atoms with Gasteiger partial charge in [0.15, 0.2) is 0 Å². The Morgan fingerprint density at radius 1 is 1.06 bits per heavy atom. The summed E-state index contributed by atoms with van der Waals surface area (Å²) in [4.78, 5) is 0. The van der Waals surface area contributed by atoms with E-state index in [1.165, 1.54) is 22.9 Å². The predicted molar refractivity (Wildman–Crippen MR) is 116 cm³/mol. The topological polar surface area (TPSA) is 95.9 Å². The van der Waals surface area contributed by atoms with E-state index in [9.17, 15) is 36.2 Å². The molecule has 3 N–H and O–H groups in total. The molecule has 1 aliphatic rings. The first-order valence-corrected chi connectivity index (χ1v) is 11.5. The maximum absolute atomic E-state index is 13.9. The Labute approximate surface area is 192 Å². The van der Waals surface area contributed by atoms with Crippen molar-refractivity contribution in [1.82, 2.24) is 0 Å². The van der Waals surface area contributed by atoms with Crippen LogP contribution in [0.3, 0.4) is 0 Å². The number of ether oxygens (including phenoxy) is 1. The Morgan fingerprint density at radius 2 is 1.76 bits per heavy atom. The van der Waals surface area contributed by atoms with Gasteiger partial charge in [0.2, 0.25) is 0 Å². The molecule has 0 radical (unpaired) electrons. The molecule has 3 aromatic carbocycles. The highest BCUT2D eigenvalue weighted by molar-refractivity contribution is 7.93. The second-order valence-corrected chi connectivity index (χ2v) is 9.62. The molecule has 3 aromatic rings. The van der Waals surface area contributed by atoms with Crippen molar-refractivity contribution in [2.24, 2.45) is 0 Å². The van der Waals surface area contributed by atoms with Crippen LogP contribution in [0.5, 0.6) is 5.75 Å². The van der Waals surface area contributed by atoms with E-state index < -0.39 is 38.7 Å². The fourth-order valence-electron chi connectivity index (χ4n) is 3.77. The van der Waals surface area contributed by atoms with Crippen LogP contribution in [0.2, 0.25) is 0 Å². The first-order valence-electron chi connectivity index (χ1n) is 10.00. The first kappa shape index (κ1) is 24.0. The first-order chi connectivity index (χ1) is 15.9. The molecule has 180 valence electrons. The minimum atomic E-state index is -5.74. The van der Waals surface area contributed by atoms with Crippen molar-refractivity contribution in [1.29, 1.82) is 0 Å². The maximum atomic E-state index is 13.9. The number of hydrogen-bond donors (Lipinski definition) is 3. The van der Waals surface area contributed by atoms with Gasteiger partial charge in [0, 0.05) is 17.5 Å². The molecule has 0 amide bonds. The average molecular weight is 497 g/mol. The summed E-state index contributed by atoms with van der Waals surface area (Å²) < 4.78 is 82.6. The van der Waals surface area contributed by atoms with Gasteiger partial charge in [-0.1, -0.05) is 42.5 Å². The highest BCUT2D eigenvalue weighted by Crippen LogP contribution is 2.42. The van der Waals surface area contributed by atoms with E-state index in [1.54, 1.807) is 24.3 Å². The lowest BCUT2D eigenvalue weighted by atomic mass is 9.83. The monoisotopic (exact) mass is 497 g/mol. The molecule has 6 nitrogen and oxygen atoms in total. The zero-order valence-electron chi connectivity index (χ0n) is 17.4. The molecule has 2 atom stereocenters. The predicted octanol–water partition coefficient (Wildman–Crippen LogP) is 4.15. The number of sulfonamides is 1. The van der Waals surface area contributed by atoms with Gasteiger partial charge in [0.1, 0.15) is 29.9 Å². The van der Waals surface area contributed by atoms with Crippen LogP contribution in [0, 0.1) is 5.82 Å². The lowest BCUT2D eigenvalue weighted by Crippen LogP contribution is -2.47. The van der Waals surface area contributed by atoms with Crippen molar-refractivity contribution in [3.63, 3.8) is 0 Å². The van der Waals surface area contributed by atoms with Crippen LogP contribution < -0.4 is 9.46 Å². The molecular weight excluding hydrogens is 478 g/mol. The van der Waals surface area contributed by atoms with E-state index in [0.29, 0.717) is 0 Å². The minimum Gasteiger partial charge on any atom is -0.490 e. The Morgan fingerprint density at radius 3 is 2.44 bits per heavy atom. The molecule has 0 spiro atoms. The molecule has 11 heteroatoms. The van der Waals surface area contributed by atoms with Crippen LogP contribution in [0.1, 0.15) is 17.2 Å². The zero-order chi connectivity index (χ0) is 24.7. The largest absolute Gasteiger partial charge is 0.516 e. The molecule has 0 saturated carbocycles. The van der Waals surface area contributed by atoms with Crippen LogP contribution in [0.15, 0.2) is 66.7 Å². The van der Waals surface area contributed by atoms with Crippen molar-refractivity contribution < 1.29 is 40.9 Å². The quantitative estimate of drug-likeness (QED) is 0.461. The molecule has 0 bridgehead atoms. The van der Waals surface area contributed by atoms with Gasteiger partial charge in [0.05, 0.1) is 5.69 Å². The van der Waals surface area contributed by atoms with E-state index in [1.807, 2.05) is 6.07 Å². The molecule has 1 aliphatic heterocycles. The number of fused-ring (bicyclic) bond motifs is 1. The number of anilines is 1. The molecule has 0 fully saturated rings. The maximum Gasteiger partial charge on any atom is 0.516 e. The van der Waals surface area contributed by atoms with Crippen LogP contribution in [0.25, 0.3) is 11.1 Å². The number of rotatable bonds is 5. The van der Waals surface area contributed by atoms with E-state index in [4.69, 9.17) is 4.74 Å².